The van der Waals surface area contributed by atoms with Gasteiger partial charge in [-0.2, -0.15) is 0 Å². The van der Waals surface area contributed by atoms with E-state index in [-0.39, 0.29) is 0 Å². The van der Waals surface area contributed by atoms with Crippen LogP contribution in [0.2, 0.25) is 0 Å². The molecular formula is C11H15F2NOS. The van der Waals surface area contributed by atoms with Gasteiger partial charge in [-0.1, -0.05) is 6.92 Å². The molecule has 0 saturated carbocycles. The van der Waals surface area contributed by atoms with E-state index >= 15 is 0 Å². The van der Waals surface area contributed by atoms with Gasteiger partial charge < -0.3 is 5.32 Å². The van der Waals surface area contributed by atoms with Gasteiger partial charge in [0.25, 0.3) is 0 Å². The van der Waals surface area contributed by atoms with Gasteiger partial charge in [-0.05, 0) is 31.2 Å². The van der Waals surface area contributed by atoms with E-state index in [1.807, 2.05) is 6.92 Å². The highest BCUT2D eigenvalue weighted by atomic mass is 32.2. The van der Waals surface area contributed by atoms with E-state index in [9.17, 15) is 13.0 Å². The molecule has 0 saturated heterocycles. The van der Waals surface area contributed by atoms with Gasteiger partial charge in [-0.25, -0.2) is 8.78 Å². The Bertz CT molecular complexity index is 371. The van der Waals surface area contributed by atoms with Gasteiger partial charge in [-0.3, -0.25) is 4.21 Å². The van der Waals surface area contributed by atoms with Crippen molar-refractivity contribution in [2.75, 3.05) is 18.8 Å². The Morgan fingerprint density at radius 2 is 2.00 bits per heavy atom. The summed E-state index contributed by atoms with van der Waals surface area (Å²) < 4.78 is 37.1. The average molecular weight is 247 g/mol. The Morgan fingerprint density at radius 3 is 2.62 bits per heavy atom. The second-order valence-corrected chi connectivity index (χ2v) is 4.95. The third-order valence-electron chi connectivity index (χ3n) is 2.04. The molecule has 1 aromatic rings. The van der Waals surface area contributed by atoms with Crippen LogP contribution in [-0.2, 0) is 10.8 Å². The quantitative estimate of drug-likeness (QED) is 0.780. The molecule has 0 aromatic heterocycles. The molecule has 0 amide bonds. The fourth-order valence-electron chi connectivity index (χ4n) is 1.20. The van der Waals surface area contributed by atoms with Gasteiger partial charge in [0.05, 0.1) is 10.8 Å². The van der Waals surface area contributed by atoms with Crippen molar-refractivity contribution in [3.05, 3.63) is 29.8 Å². The summed E-state index contributed by atoms with van der Waals surface area (Å²) in [5.41, 5.74) is 0. The highest BCUT2D eigenvalue weighted by Crippen LogP contribution is 2.12. The zero-order valence-corrected chi connectivity index (χ0v) is 9.95. The minimum absolute atomic E-state index is 0.331. The van der Waals surface area contributed by atoms with Crippen LogP contribution < -0.4 is 5.32 Å². The molecule has 5 heteroatoms. The topological polar surface area (TPSA) is 29.1 Å². The molecule has 0 radical (unpaired) electrons. The lowest BCUT2D eigenvalue weighted by Crippen LogP contribution is -2.21. The van der Waals surface area contributed by atoms with E-state index in [1.165, 1.54) is 6.07 Å². The minimum Gasteiger partial charge on any atom is -0.316 e. The average Bonchev–Trinajstić information content (AvgIpc) is 2.28. The van der Waals surface area contributed by atoms with Gasteiger partial charge in [-0.15, -0.1) is 0 Å². The summed E-state index contributed by atoms with van der Waals surface area (Å²) in [4.78, 5) is 0.331. The van der Waals surface area contributed by atoms with Gasteiger partial charge in [0.1, 0.15) is 0 Å². The first kappa shape index (κ1) is 13.3. The predicted octanol–water partition coefficient (Wildman–Crippen LogP) is 2.07. The van der Waals surface area contributed by atoms with Crippen LogP contribution in [0.4, 0.5) is 8.78 Å². The summed E-state index contributed by atoms with van der Waals surface area (Å²) in [6.45, 7) is 3.52. The lowest BCUT2D eigenvalue weighted by Gasteiger charge is -2.04. The molecule has 1 aromatic carbocycles. The van der Waals surface area contributed by atoms with Crippen molar-refractivity contribution in [3.8, 4) is 0 Å². The van der Waals surface area contributed by atoms with E-state index in [4.69, 9.17) is 0 Å². The summed E-state index contributed by atoms with van der Waals surface area (Å²) in [6.07, 6.45) is 1.01. The third kappa shape index (κ3) is 3.98. The molecule has 1 atom stereocenters. The van der Waals surface area contributed by atoms with E-state index in [2.05, 4.69) is 5.32 Å². The van der Waals surface area contributed by atoms with Crippen LogP contribution in [0.3, 0.4) is 0 Å². The van der Waals surface area contributed by atoms with Gasteiger partial charge in [0, 0.05) is 17.2 Å². The lowest BCUT2D eigenvalue weighted by molar-refractivity contribution is 0.505. The maximum atomic E-state index is 12.9. The van der Waals surface area contributed by atoms with Crippen LogP contribution in [0.15, 0.2) is 23.1 Å². The summed E-state index contributed by atoms with van der Waals surface area (Å²) in [6, 6.07) is 3.35. The molecule has 1 unspecified atom stereocenters. The first-order valence-corrected chi connectivity index (χ1v) is 6.51. The van der Waals surface area contributed by atoms with Crippen molar-refractivity contribution in [2.45, 2.75) is 18.2 Å². The Morgan fingerprint density at radius 1 is 1.25 bits per heavy atom. The SMILES string of the molecule is CCCNCCS(=O)c1ccc(F)c(F)c1. The fraction of sp³-hybridized carbons (Fsp3) is 0.455. The smallest absolute Gasteiger partial charge is 0.160 e. The van der Waals surface area contributed by atoms with E-state index in [1.54, 1.807) is 0 Å². The minimum atomic E-state index is -1.27. The molecule has 0 heterocycles. The Hall–Kier alpha value is -0.810. The fourth-order valence-corrected chi connectivity index (χ4v) is 2.22. The molecule has 1 N–H and O–H groups in total. The van der Waals surface area contributed by atoms with Crippen LogP contribution in [0, 0.1) is 11.6 Å². The lowest BCUT2D eigenvalue weighted by atomic mass is 10.3. The normalized spacial score (nSPS) is 12.7. The van der Waals surface area contributed by atoms with Crippen molar-refractivity contribution in [1.29, 1.82) is 0 Å². The van der Waals surface area contributed by atoms with Gasteiger partial charge in [0.15, 0.2) is 11.6 Å². The number of benzene rings is 1. The van der Waals surface area contributed by atoms with Crippen LogP contribution in [0.25, 0.3) is 0 Å². The summed E-state index contributed by atoms with van der Waals surface area (Å²) >= 11 is 0. The first-order chi connectivity index (χ1) is 7.65. The maximum absolute atomic E-state index is 12.9. The monoisotopic (exact) mass is 247 g/mol. The molecule has 0 aliphatic heterocycles. The van der Waals surface area contributed by atoms with Crippen molar-refractivity contribution in [2.24, 2.45) is 0 Å². The molecule has 0 aliphatic rings. The number of halogens is 2. The molecule has 1 rings (SSSR count). The zero-order chi connectivity index (χ0) is 12.0. The van der Waals surface area contributed by atoms with Crippen molar-refractivity contribution in [3.63, 3.8) is 0 Å². The Kier molecular flexibility index (Phi) is 5.55. The number of hydrogen-bond donors (Lipinski definition) is 1. The van der Waals surface area contributed by atoms with Crippen molar-refractivity contribution in [1.82, 2.24) is 5.32 Å². The van der Waals surface area contributed by atoms with E-state index in [0.717, 1.165) is 25.1 Å². The second kappa shape index (κ2) is 6.70. The van der Waals surface area contributed by atoms with Crippen LogP contribution >= 0.6 is 0 Å². The van der Waals surface area contributed by atoms with Crippen LogP contribution in [0.5, 0.6) is 0 Å². The summed E-state index contributed by atoms with van der Waals surface area (Å²) in [5, 5.41) is 3.10. The van der Waals surface area contributed by atoms with Gasteiger partial charge >= 0.3 is 0 Å². The van der Waals surface area contributed by atoms with E-state index < -0.39 is 22.4 Å². The maximum Gasteiger partial charge on any atom is 0.160 e. The number of hydrogen-bond acceptors (Lipinski definition) is 2. The summed E-state index contributed by atoms with van der Waals surface area (Å²) in [5.74, 6) is -1.46. The Labute approximate surface area is 96.5 Å². The largest absolute Gasteiger partial charge is 0.316 e. The molecule has 0 spiro atoms. The molecule has 0 fully saturated rings. The molecule has 90 valence electrons. The van der Waals surface area contributed by atoms with Crippen molar-refractivity contribution < 1.29 is 13.0 Å². The van der Waals surface area contributed by atoms with Crippen molar-refractivity contribution >= 4 is 10.8 Å². The number of rotatable bonds is 6. The molecule has 0 bridgehead atoms. The second-order valence-electron chi connectivity index (χ2n) is 3.38. The summed E-state index contributed by atoms with van der Waals surface area (Å²) in [7, 11) is -1.27. The van der Waals surface area contributed by atoms with Gasteiger partial charge in [0.2, 0.25) is 0 Å². The third-order valence-corrected chi connectivity index (χ3v) is 3.40. The van der Waals surface area contributed by atoms with E-state index in [0.29, 0.717) is 17.2 Å². The molecule has 0 aliphatic carbocycles. The highest BCUT2D eigenvalue weighted by Gasteiger charge is 2.07. The zero-order valence-electron chi connectivity index (χ0n) is 9.13. The first-order valence-electron chi connectivity index (χ1n) is 5.19. The standard InChI is InChI=1S/C11H15F2NOS/c1-2-5-14-6-7-16(15)9-3-4-10(12)11(13)8-9/h3-4,8,14H,2,5-7H2,1H3. The molecule has 2 nitrogen and oxygen atoms in total. The predicted molar refractivity (Wildman–Crippen MR) is 60.8 cm³/mol. The Balaban J connectivity index is 2.50. The number of nitrogens with one attached hydrogen (secondary N) is 1. The highest BCUT2D eigenvalue weighted by molar-refractivity contribution is 7.85. The van der Waals surface area contributed by atoms with Crippen LogP contribution in [0.1, 0.15) is 13.3 Å². The molecule has 16 heavy (non-hydrogen) atoms. The molecular weight excluding hydrogens is 232 g/mol. The van der Waals surface area contributed by atoms with Crippen LogP contribution in [-0.4, -0.2) is 23.1 Å².